The first kappa shape index (κ1) is 15.4. The van der Waals surface area contributed by atoms with Gasteiger partial charge in [0, 0.05) is 12.1 Å². The van der Waals surface area contributed by atoms with E-state index in [9.17, 15) is 0 Å². The zero-order valence-corrected chi connectivity index (χ0v) is 13.0. The lowest BCUT2D eigenvalue weighted by molar-refractivity contribution is 0.284. The first-order valence-electron chi connectivity index (χ1n) is 6.89. The van der Waals surface area contributed by atoms with Gasteiger partial charge in [-0.15, -0.1) is 11.6 Å². The number of nitrogens with zero attached hydrogens (tertiary/aromatic N) is 3. The third-order valence-electron chi connectivity index (χ3n) is 2.96. The Kier molecular flexibility index (Phi) is 5.65. The highest BCUT2D eigenvalue weighted by molar-refractivity contribution is 6.19. The molecule has 1 aromatic carbocycles. The van der Waals surface area contributed by atoms with Crippen LogP contribution in [0.4, 0.5) is 0 Å². The monoisotopic (exact) mass is 303 g/mol. The van der Waals surface area contributed by atoms with E-state index in [0.717, 1.165) is 35.7 Å². The second-order valence-electron chi connectivity index (χ2n) is 4.60. The summed E-state index contributed by atoms with van der Waals surface area (Å²) in [6.07, 6.45) is 2.58. The number of aryl methyl sites for hydroxylation is 2. The maximum absolute atomic E-state index is 5.83. The summed E-state index contributed by atoms with van der Waals surface area (Å²) >= 11 is 5.56. The van der Waals surface area contributed by atoms with Crippen LogP contribution >= 0.6 is 11.6 Å². The lowest BCUT2D eigenvalue weighted by Crippen LogP contribution is -2.08. The lowest BCUT2D eigenvalue weighted by atomic mass is 10.1. The normalized spacial score (nSPS) is 10.0. The molecule has 0 radical (unpaired) electrons. The molecule has 0 saturated carbocycles. The summed E-state index contributed by atoms with van der Waals surface area (Å²) < 4.78 is 7.70. The van der Waals surface area contributed by atoms with Gasteiger partial charge in [0.15, 0.2) is 5.82 Å². The highest BCUT2D eigenvalue weighted by atomic mass is 35.5. The summed E-state index contributed by atoms with van der Waals surface area (Å²) in [6, 6.07) is 5.85. The summed E-state index contributed by atoms with van der Waals surface area (Å²) in [5.41, 5.74) is 1.98. The fourth-order valence-corrected chi connectivity index (χ4v) is 2.03. The van der Waals surface area contributed by atoms with E-state index >= 15 is 0 Å². The second-order valence-corrected chi connectivity index (χ2v) is 4.87. The van der Waals surface area contributed by atoms with Gasteiger partial charge in [0.1, 0.15) is 18.7 Å². The second kappa shape index (κ2) is 7.70. The summed E-state index contributed by atoms with van der Waals surface area (Å²) in [4.78, 5) is 4.23. The molecule has 110 valence electrons. The van der Waals surface area contributed by atoms with Crippen LogP contribution in [0.5, 0.6) is 5.75 Å². The number of ether oxygens (including phenoxy) is 1. The SMILES string of the molecule is CCCn1ncnc1COc1ccc(C#CCCl)cc1C. The third kappa shape index (κ3) is 4.24. The molecule has 0 aliphatic carbocycles. The van der Waals surface area contributed by atoms with Crippen molar-refractivity contribution in [2.75, 3.05) is 5.88 Å². The van der Waals surface area contributed by atoms with Crippen LogP contribution in [-0.4, -0.2) is 20.6 Å². The van der Waals surface area contributed by atoms with Gasteiger partial charge in [-0.2, -0.15) is 5.10 Å². The van der Waals surface area contributed by atoms with Gasteiger partial charge in [0.25, 0.3) is 0 Å². The minimum atomic E-state index is 0.338. The first-order valence-corrected chi connectivity index (χ1v) is 7.43. The average molecular weight is 304 g/mol. The van der Waals surface area contributed by atoms with Crippen LogP contribution in [-0.2, 0) is 13.2 Å². The Balaban J connectivity index is 2.04. The molecular formula is C16H18ClN3O. The van der Waals surface area contributed by atoms with Crippen LogP contribution < -0.4 is 4.74 Å². The smallest absolute Gasteiger partial charge is 0.164 e. The topological polar surface area (TPSA) is 39.9 Å². The summed E-state index contributed by atoms with van der Waals surface area (Å²) in [6.45, 7) is 5.37. The molecule has 0 N–H and O–H groups in total. The molecule has 5 heteroatoms. The molecule has 1 aromatic heterocycles. The number of hydrogen-bond acceptors (Lipinski definition) is 3. The van der Waals surface area contributed by atoms with E-state index in [4.69, 9.17) is 16.3 Å². The first-order chi connectivity index (χ1) is 10.2. The molecule has 0 amide bonds. The Bertz CT molecular complexity index is 655. The van der Waals surface area contributed by atoms with Gasteiger partial charge in [-0.1, -0.05) is 18.8 Å². The molecule has 2 rings (SSSR count). The van der Waals surface area contributed by atoms with Crippen molar-refractivity contribution in [3.63, 3.8) is 0 Å². The van der Waals surface area contributed by atoms with Gasteiger partial charge in [0.2, 0.25) is 0 Å². The zero-order valence-electron chi connectivity index (χ0n) is 12.3. The predicted molar refractivity (Wildman–Crippen MR) is 83.4 cm³/mol. The molecule has 0 spiro atoms. The van der Waals surface area contributed by atoms with E-state index in [0.29, 0.717) is 12.5 Å². The minimum absolute atomic E-state index is 0.338. The predicted octanol–water partition coefficient (Wildman–Crippen LogP) is 3.17. The summed E-state index contributed by atoms with van der Waals surface area (Å²) in [5, 5.41) is 4.18. The zero-order chi connectivity index (χ0) is 15.1. The molecule has 0 atom stereocenters. The number of aromatic nitrogens is 3. The van der Waals surface area contributed by atoms with Crippen molar-refractivity contribution in [1.29, 1.82) is 0 Å². The molecule has 0 fully saturated rings. The Hall–Kier alpha value is -1.99. The molecule has 0 unspecified atom stereocenters. The highest BCUT2D eigenvalue weighted by Gasteiger charge is 2.06. The van der Waals surface area contributed by atoms with E-state index in [2.05, 4.69) is 28.8 Å². The van der Waals surface area contributed by atoms with Crippen molar-refractivity contribution in [3.05, 3.63) is 41.5 Å². The largest absolute Gasteiger partial charge is 0.485 e. The molecule has 1 heterocycles. The third-order valence-corrected chi connectivity index (χ3v) is 3.10. The van der Waals surface area contributed by atoms with Gasteiger partial charge < -0.3 is 4.74 Å². The maximum Gasteiger partial charge on any atom is 0.164 e. The molecule has 0 aliphatic rings. The van der Waals surface area contributed by atoms with Crippen LogP contribution in [0.15, 0.2) is 24.5 Å². The van der Waals surface area contributed by atoms with Crippen molar-refractivity contribution in [1.82, 2.24) is 14.8 Å². The Labute approximate surface area is 130 Å². The lowest BCUT2D eigenvalue weighted by Gasteiger charge is -2.10. The fraction of sp³-hybridized carbons (Fsp3) is 0.375. The van der Waals surface area contributed by atoms with E-state index in [-0.39, 0.29) is 0 Å². The van der Waals surface area contributed by atoms with E-state index in [1.165, 1.54) is 0 Å². The highest BCUT2D eigenvalue weighted by Crippen LogP contribution is 2.19. The van der Waals surface area contributed by atoms with Crippen molar-refractivity contribution in [2.24, 2.45) is 0 Å². The van der Waals surface area contributed by atoms with Gasteiger partial charge in [-0.25, -0.2) is 9.67 Å². The van der Waals surface area contributed by atoms with Crippen molar-refractivity contribution in [2.45, 2.75) is 33.4 Å². The molecular weight excluding hydrogens is 286 g/mol. The Morgan fingerprint density at radius 1 is 1.38 bits per heavy atom. The summed E-state index contributed by atoms with van der Waals surface area (Å²) in [5.74, 6) is 7.84. The molecule has 4 nitrogen and oxygen atoms in total. The quantitative estimate of drug-likeness (QED) is 0.629. The fourth-order valence-electron chi connectivity index (χ4n) is 1.97. The Morgan fingerprint density at radius 2 is 2.24 bits per heavy atom. The van der Waals surface area contributed by atoms with Crippen LogP contribution in [0.25, 0.3) is 0 Å². The van der Waals surface area contributed by atoms with E-state index in [1.807, 2.05) is 29.8 Å². The van der Waals surface area contributed by atoms with Crippen LogP contribution in [0, 0.1) is 18.8 Å². The van der Waals surface area contributed by atoms with E-state index < -0.39 is 0 Å². The van der Waals surface area contributed by atoms with E-state index in [1.54, 1.807) is 6.33 Å². The molecule has 0 aliphatic heterocycles. The van der Waals surface area contributed by atoms with Crippen LogP contribution in [0.3, 0.4) is 0 Å². The average Bonchev–Trinajstić information content (AvgIpc) is 2.92. The van der Waals surface area contributed by atoms with Gasteiger partial charge in [-0.3, -0.25) is 0 Å². The van der Waals surface area contributed by atoms with Crippen LogP contribution in [0.2, 0.25) is 0 Å². The Morgan fingerprint density at radius 3 is 2.95 bits per heavy atom. The number of alkyl halides is 1. The maximum atomic E-state index is 5.83. The molecule has 21 heavy (non-hydrogen) atoms. The standard InChI is InChI=1S/C16H18ClN3O/c1-3-9-20-16(18-12-19-20)11-21-15-7-6-14(5-4-8-17)10-13(15)2/h6-7,10,12H,3,8-9,11H2,1-2H3. The van der Waals surface area contributed by atoms with Gasteiger partial charge in [0.05, 0.1) is 5.88 Å². The van der Waals surface area contributed by atoms with Crippen molar-refractivity contribution in [3.8, 4) is 17.6 Å². The van der Waals surface area contributed by atoms with Crippen molar-refractivity contribution < 1.29 is 4.74 Å². The van der Waals surface area contributed by atoms with Crippen molar-refractivity contribution >= 4 is 11.6 Å². The number of rotatable bonds is 5. The number of benzene rings is 1. The van der Waals surface area contributed by atoms with Crippen LogP contribution in [0.1, 0.15) is 30.3 Å². The molecule has 0 saturated heterocycles. The van der Waals surface area contributed by atoms with Gasteiger partial charge in [-0.05, 0) is 37.1 Å². The van der Waals surface area contributed by atoms with Gasteiger partial charge >= 0.3 is 0 Å². The number of halogens is 1. The number of hydrogen-bond donors (Lipinski definition) is 0. The minimum Gasteiger partial charge on any atom is -0.485 e. The molecule has 2 aromatic rings. The summed E-state index contributed by atoms with van der Waals surface area (Å²) in [7, 11) is 0. The molecule has 0 bridgehead atoms.